The van der Waals surface area contributed by atoms with E-state index in [1.807, 2.05) is 0 Å². The fourth-order valence-corrected chi connectivity index (χ4v) is 3.29. The van der Waals surface area contributed by atoms with Gasteiger partial charge in [0.1, 0.15) is 0 Å². The number of thioether (sulfide) groups is 1. The Morgan fingerprint density at radius 1 is 1.40 bits per heavy atom. The average molecular weight is 222 g/mol. The minimum atomic E-state index is -0.672. The largest absolute Gasteiger partial charge is 0.481 e. The molecule has 3 heteroatoms. The zero-order valence-electron chi connectivity index (χ0n) is 8.91. The number of aliphatic carboxylic acids is 1. The van der Waals surface area contributed by atoms with Crippen molar-refractivity contribution in [2.24, 2.45) is 5.92 Å². The number of carboxylic acids is 1. The Labute approximate surface area is 93.7 Å². The molecule has 0 fully saturated rings. The van der Waals surface area contributed by atoms with Crippen LogP contribution in [-0.2, 0) is 11.2 Å². The highest BCUT2D eigenvalue weighted by molar-refractivity contribution is 7.99. The van der Waals surface area contributed by atoms with Crippen LogP contribution < -0.4 is 0 Å². The highest BCUT2D eigenvalue weighted by Crippen LogP contribution is 2.37. The molecule has 0 bridgehead atoms. The van der Waals surface area contributed by atoms with E-state index in [1.54, 1.807) is 11.8 Å². The van der Waals surface area contributed by atoms with Gasteiger partial charge in [-0.1, -0.05) is 12.1 Å². The summed E-state index contributed by atoms with van der Waals surface area (Å²) < 4.78 is 0. The molecule has 1 unspecified atom stereocenters. The molecule has 1 aromatic carbocycles. The Hall–Kier alpha value is -0.960. The van der Waals surface area contributed by atoms with E-state index in [4.69, 9.17) is 5.11 Å². The van der Waals surface area contributed by atoms with Crippen LogP contribution in [0.3, 0.4) is 0 Å². The van der Waals surface area contributed by atoms with E-state index in [0.717, 1.165) is 0 Å². The van der Waals surface area contributed by atoms with Crippen molar-refractivity contribution in [3.63, 3.8) is 0 Å². The van der Waals surface area contributed by atoms with E-state index in [2.05, 4.69) is 26.0 Å². The zero-order valence-corrected chi connectivity index (χ0v) is 9.73. The van der Waals surface area contributed by atoms with Crippen LogP contribution in [0.15, 0.2) is 17.0 Å². The van der Waals surface area contributed by atoms with Gasteiger partial charge in [0.25, 0.3) is 0 Å². The summed E-state index contributed by atoms with van der Waals surface area (Å²) in [6.07, 6.45) is 0.686. The van der Waals surface area contributed by atoms with E-state index < -0.39 is 5.97 Å². The normalized spacial score (nSPS) is 19.7. The van der Waals surface area contributed by atoms with Crippen molar-refractivity contribution >= 4 is 17.7 Å². The third-order valence-corrected chi connectivity index (χ3v) is 4.35. The molecule has 2 rings (SSSR count). The predicted octanol–water partition coefficient (Wildman–Crippen LogP) is 2.65. The van der Waals surface area contributed by atoms with Crippen LogP contribution in [0, 0.1) is 19.8 Å². The molecule has 80 valence electrons. The molecule has 1 aliphatic heterocycles. The quantitative estimate of drug-likeness (QED) is 0.793. The summed E-state index contributed by atoms with van der Waals surface area (Å²) in [5, 5.41) is 9.01. The summed E-state index contributed by atoms with van der Waals surface area (Å²) in [4.78, 5) is 12.2. The molecule has 0 saturated carbocycles. The van der Waals surface area contributed by atoms with Gasteiger partial charge < -0.3 is 5.11 Å². The number of benzene rings is 1. The van der Waals surface area contributed by atoms with E-state index in [-0.39, 0.29) is 5.92 Å². The molecule has 1 aromatic rings. The fourth-order valence-electron chi connectivity index (χ4n) is 1.95. The predicted molar refractivity (Wildman–Crippen MR) is 61.5 cm³/mol. The molecule has 0 spiro atoms. The maximum atomic E-state index is 10.9. The van der Waals surface area contributed by atoms with Gasteiger partial charge in [-0.05, 0) is 37.0 Å². The zero-order chi connectivity index (χ0) is 11.0. The van der Waals surface area contributed by atoms with Gasteiger partial charge in [0, 0.05) is 10.6 Å². The Balaban J connectivity index is 2.41. The van der Waals surface area contributed by atoms with Crippen LogP contribution in [0.5, 0.6) is 0 Å². The van der Waals surface area contributed by atoms with E-state index in [9.17, 15) is 4.79 Å². The van der Waals surface area contributed by atoms with Gasteiger partial charge in [-0.2, -0.15) is 0 Å². The van der Waals surface area contributed by atoms with Crippen molar-refractivity contribution in [2.45, 2.75) is 25.2 Å². The second kappa shape index (κ2) is 3.89. The molecule has 2 nitrogen and oxygen atoms in total. The summed E-state index contributed by atoms with van der Waals surface area (Å²) in [6, 6.07) is 4.20. The van der Waals surface area contributed by atoms with Crippen LogP contribution in [0.2, 0.25) is 0 Å². The second-order valence-electron chi connectivity index (χ2n) is 4.06. The number of aryl methyl sites for hydroxylation is 2. The Kier molecular flexibility index (Phi) is 2.74. The van der Waals surface area contributed by atoms with Crippen LogP contribution in [0.25, 0.3) is 0 Å². The molecule has 0 saturated heterocycles. The van der Waals surface area contributed by atoms with Crippen molar-refractivity contribution in [1.29, 1.82) is 0 Å². The molecule has 0 amide bonds. The monoisotopic (exact) mass is 222 g/mol. The molecular weight excluding hydrogens is 208 g/mol. The lowest BCUT2D eigenvalue weighted by Crippen LogP contribution is -2.23. The van der Waals surface area contributed by atoms with Crippen molar-refractivity contribution in [3.8, 4) is 0 Å². The van der Waals surface area contributed by atoms with Crippen LogP contribution in [0.4, 0.5) is 0 Å². The van der Waals surface area contributed by atoms with Crippen molar-refractivity contribution in [1.82, 2.24) is 0 Å². The van der Waals surface area contributed by atoms with Crippen LogP contribution >= 0.6 is 11.8 Å². The molecule has 0 radical (unpaired) electrons. The molecule has 1 aliphatic rings. The van der Waals surface area contributed by atoms with E-state index >= 15 is 0 Å². The third kappa shape index (κ3) is 1.88. The lowest BCUT2D eigenvalue weighted by atomic mass is 9.95. The SMILES string of the molecule is Cc1ccc(C)c2c1CC(C(=O)O)CS2. The van der Waals surface area contributed by atoms with Crippen molar-refractivity contribution in [2.75, 3.05) is 5.75 Å². The molecular formula is C12H14O2S. The maximum Gasteiger partial charge on any atom is 0.307 e. The Morgan fingerprint density at radius 3 is 2.73 bits per heavy atom. The van der Waals surface area contributed by atoms with Crippen LogP contribution in [0.1, 0.15) is 16.7 Å². The van der Waals surface area contributed by atoms with Crippen molar-refractivity contribution in [3.05, 3.63) is 28.8 Å². The summed E-state index contributed by atoms with van der Waals surface area (Å²) in [5.41, 5.74) is 3.72. The number of carboxylic acid groups (broad SMARTS) is 1. The Morgan fingerprint density at radius 2 is 2.07 bits per heavy atom. The number of hydrogen-bond donors (Lipinski definition) is 1. The van der Waals surface area contributed by atoms with Gasteiger partial charge in [-0.25, -0.2) is 0 Å². The van der Waals surface area contributed by atoms with Gasteiger partial charge in [0.15, 0.2) is 0 Å². The molecule has 1 N–H and O–H groups in total. The highest BCUT2D eigenvalue weighted by Gasteiger charge is 2.26. The Bertz CT molecular complexity index is 412. The summed E-state index contributed by atoms with van der Waals surface area (Å²) >= 11 is 1.69. The van der Waals surface area contributed by atoms with Gasteiger partial charge >= 0.3 is 5.97 Å². The first kappa shape index (κ1) is 10.6. The molecule has 0 aromatic heterocycles. The molecule has 1 heterocycles. The smallest absolute Gasteiger partial charge is 0.307 e. The minimum absolute atomic E-state index is 0.219. The summed E-state index contributed by atoms with van der Waals surface area (Å²) in [6.45, 7) is 4.15. The van der Waals surface area contributed by atoms with Gasteiger partial charge in [0.05, 0.1) is 5.92 Å². The number of rotatable bonds is 1. The molecule has 15 heavy (non-hydrogen) atoms. The number of fused-ring (bicyclic) bond motifs is 1. The third-order valence-electron chi connectivity index (χ3n) is 2.92. The van der Waals surface area contributed by atoms with Crippen LogP contribution in [-0.4, -0.2) is 16.8 Å². The van der Waals surface area contributed by atoms with Gasteiger partial charge in [-0.15, -0.1) is 11.8 Å². The van der Waals surface area contributed by atoms with E-state index in [1.165, 1.54) is 21.6 Å². The fraction of sp³-hybridized carbons (Fsp3) is 0.417. The van der Waals surface area contributed by atoms with E-state index in [0.29, 0.717) is 12.2 Å². The molecule has 0 aliphatic carbocycles. The highest BCUT2D eigenvalue weighted by atomic mass is 32.2. The molecule has 1 atom stereocenters. The topological polar surface area (TPSA) is 37.3 Å². The first-order valence-electron chi connectivity index (χ1n) is 5.04. The minimum Gasteiger partial charge on any atom is -0.481 e. The standard InChI is InChI=1S/C12H14O2S/c1-7-3-4-8(2)11-10(7)5-9(6-15-11)12(13)14/h3-4,9H,5-6H2,1-2H3,(H,13,14). The first-order valence-corrected chi connectivity index (χ1v) is 6.03. The first-order chi connectivity index (χ1) is 7.09. The second-order valence-corrected chi connectivity index (χ2v) is 5.09. The summed E-state index contributed by atoms with van der Waals surface area (Å²) in [7, 11) is 0. The van der Waals surface area contributed by atoms with Crippen molar-refractivity contribution < 1.29 is 9.90 Å². The number of carbonyl (C=O) groups is 1. The number of hydrogen-bond acceptors (Lipinski definition) is 2. The maximum absolute atomic E-state index is 10.9. The lowest BCUT2D eigenvalue weighted by molar-refractivity contribution is -0.140. The lowest BCUT2D eigenvalue weighted by Gasteiger charge is -2.24. The average Bonchev–Trinajstić information content (AvgIpc) is 2.23. The van der Waals surface area contributed by atoms with Gasteiger partial charge in [0.2, 0.25) is 0 Å². The van der Waals surface area contributed by atoms with Gasteiger partial charge in [-0.3, -0.25) is 4.79 Å². The summed E-state index contributed by atoms with van der Waals surface area (Å²) in [5.74, 6) is -0.191.